The van der Waals surface area contributed by atoms with Gasteiger partial charge in [0.2, 0.25) is 0 Å². The zero-order chi connectivity index (χ0) is 18.4. The number of ether oxygens (including phenoxy) is 2. The van der Waals surface area contributed by atoms with Gasteiger partial charge in [-0.2, -0.15) is 0 Å². The summed E-state index contributed by atoms with van der Waals surface area (Å²) in [6.45, 7) is 5.55. The highest BCUT2D eigenvalue weighted by atomic mass is 16.5. The molecule has 2 heterocycles. The maximum Gasteiger partial charge on any atom is 0.358 e. The Bertz CT molecular complexity index is 725. The number of piperazine rings is 1. The highest BCUT2D eigenvalue weighted by Gasteiger charge is 2.19. The highest BCUT2D eigenvalue weighted by Crippen LogP contribution is 2.28. The third-order valence-corrected chi connectivity index (χ3v) is 4.65. The quantitative estimate of drug-likeness (QED) is 0.690. The Labute approximate surface area is 153 Å². The van der Waals surface area contributed by atoms with Crippen LogP contribution in [0.1, 0.15) is 16.9 Å². The van der Waals surface area contributed by atoms with Gasteiger partial charge in [0.25, 0.3) is 0 Å². The molecule has 0 atom stereocenters. The maximum absolute atomic E-state index is 11.6. The van der Waals surface area contributed by atoms with Crippen LogP contribution in [-0.4, -0.2) is 72.8 Å². The molecule has 0 N–H and O–H groups in total. The van der Waals surface area contributed by atoms with Crippen LogP contribution in [0.4, 0.5) is 5.69 Å². The summed E-state index contributed by atoms with van der Waals surface area (Å²) in [5.41, 5.74) is 1.55. The van der Waals surface area contributed by atoms with Crippen LogP contribution in [-0.2, 0) is 11.3 Å². The second-order valence-electron chi connectivity index (χ2n) is 6.19. The Kier molecular flexibility index (Phi) is 6.06. The Morgan fingerprint density at radius 3 is 2.62 bits per heavy atom. The molecule has 1 aromatic carbocycles. The van der Waals surface area contributed by atoms with Crippen LogP contribution in [0.3, 0.4) is 0 Å². The maximum atomic E-state index is 11.6. The molecular formula is C18H25N5O3. The average Bonchev–Trinajstić information content (AvgIpc) is 3.16. The summed E-state index contributed by atoms with van der Waals surface area (Å²) >= 11 is 0. The average molecular weight is 359 g/mol. The molecule has 0 spiro atoms. The van der Waals surface area contributed by atoms with Gasteiger partial charge in [0.15, 0.2) is 5.69 Å². The summed E-state index contributed by atoms with van der Waals surface area (Å²) < 4.78 is 11.8. The van der Waals surface area contributed by atoms with E-state index in [-0.39, 0.29) is 0 Å². The number of nitrogens with zero attached hydrogens (tertiary/aromatic N) is 5. The monoisotopic (exact) mass is 359 g/mol. The van der Waals surface area contributed by atoms with E-state index in [1.165, 1.54) is 13.3 Å². The normalized spacial score (nSPS) is 15.1. The van der Waals surface area contributed by atoms with E-state index in [0.717, 1.165) is 50.6 Å². The zero-order valence-corrected chi connectivity index (χ0v) is 15.3. The Balaban J connectivity index is 1.46. The Morgan fingerprint density at radius 1 is 1.12 bits per heavy atom. The first-order valence-corrected chi connectivity index (χ1v) is 8.80. The van der Waals surface area contributed by atoms with Crippen molar-refractivity contribution in [3.05, 3.63) is 36.2 Å². The van der Waals surface area contributed by atoms with Crippen LogP contribution in [0, 0.1) is 0 Å². The van der Waals surface area contributed by atoms with Crippen molar-refractivity contribution in [3.63, 3.8) is 0 Å². The number of benzene rings is 1. The van der Waals surface area contributed by atoms with E-state index in [1.54, 1.807) is 11.8 Å². The fraction of sp³-hybridized carbons (Fsp3) is 0.500. The van der Waals surface area contributed by atoms with E-state index >= 15 is 0 Å². The predicted molar refractivity (Wildman–Crippen MR) is 97.6 cm³/mol. The van der Waals surface area contributed by atoms with Crippen molar-refractivity contribution in [2.75, 3.05) is 51.8 Å². The van der Waals surface area contributed by atoms with Crippen LogP contribution < -0.4 is 9.64 Å². The summed E-state index contributed by atoms with van der Waals surface area (Å²) in [6.07, 6.45) is 2.35. The van der Waals surface area contributed by atoms with Crippen molar-refractivity contribution in [1.29, 1.82) is 0 Å². The van der Waals surface area contributed by atoms with Gasteiger partial charge in [0, 0.05) is 39.3 Å². The first-order chi connectivity index (χ1) is 12.7. The van der Waals surface area contributed by atoms with Crippen LogP contribution in [0.25, 0.3) is 0 Å². The lowest BCUT2D eigenvalue weighted by molar-refractivity contribution is 0.0586. The fourth-order valence-corrected chi connectivity index (χ4v) is 3.23. The lowest BCUT2D eigenvalue weighted by Crippen LogP contribution is -2.46. The number of carbonyl (C=O) groups is 1. The summed E-state index contributed by atoms with van der Waals surface area (Å²) in [5, 5.41) is 7.76. The van der Waals surface area contributed by atoms with Gasteiger partial charge in [-0.3, -0.25) is 4.90 Å². The molecule has 1 fully saturated rings. The first-order valence-electron chi connectivity index (χ1n) is 8.80. The summed E-state index contributed by atoms with van der Waals surface area (Å²) in [6, 6.07) is 8.14. The summed E-state index contributed by atoms with van der Waals surface area (Å²) in [7, 11) is 3.07. The van der Waals surface area contributed by atoms with E-state index in [4.69, 9.17) is 9.47 Å². The summed E-state index contributed by atoms with van der Waals surface area (Å²) in [5.74, 6) is 0.517. The molecule has 0 aliphatic carbocycles. The topological polar surface area (TPSA) is 72.7 Å². The second-order valence-corrected chi connectivity index (χ2v) is 6.19. The number of methoxy groups -OCH3 is 2. The van der Waals surface area contributed by atoms with Crippen molar-refractivity contribution in [2.45, 2.75) is 13.0 Å². The minimum absolute atomic E-state index is 0.397. The minimum atomic E-state index is -0.402. The molecule has 3 rings (SSSR count). The lowest BCUT2D eigenvalue weighted by Gasteiger charge is -2.36. The molecule has 1 aliphatic rings. The number of aromatic nitrogens is 3. The van der Waals surface area contributed by atoms with E-state index in [1.807, 2.05) is 18.2 Å². The molecular weight excluding hydrogens is 334 g/mol. The number of carbonyl (C=O) groups excluding carboxylic acids is 1. The predicted octanol–water partition coefficient (Wildman–Crippen LogP) is 1.29. The van der Waals surface area contributed by atoms with Crippen molar-refractivity contribution in [3.8, 4) is 5.75 Å². The number of esters is 1. The number of para-hydroxylation sites is 2. The van der Waals surface area contributed by atoms with Crippen molar-refractivity contribution < 1.29 is 14.3 Å². The van der Waals surface area contributed by atoms with E-state index < -0.39 is 5.97 Å². The highest BCUT2D eigenvalue weighted by molar-refractivity contribution is 5.86. The molecule has 8 heteroatoms. The minimum Gasteiger partial charge on any atom is -0.495 e. The van der Waals surface area contributed by atoms with Crippen molar-refractivity contribution in [2.24, 2.45) is 0 Å². The molecule has 2 aromatic rings. The number of aryl methyl sites for hydroxylation is 1. The van der Waals surface area contributed by atoms with E-state index in [2.05, 4.69) is 26.2 Å². The number of rotatable bonds is 7. The van der Waals surface area contributed by atoms with Gasteiger partial charge in [-0.15, -0.1) is 5.10 Å². The Hall–Kier alpha value is -2.61. The van der Waals surface area contributed by atoms with Gasteiger partial charge in [-0.25, -0.2) is 9.48 Å². The van der Waals surface area contributed by atoms with Gasteiger partial charge >= 0.3 is 5.97 Å². The molecule has 0 bridgehead atoms. The smallest absolute Gasteiger partial charge is 0.358 e. The summed E-state index contributed by atoms with van der Waals surface area (Å²) in [4.78, 5) is 16.4. The van der Waals surface area contributed by atoms with E-state index in [9.17, 15) is 4.79 Å². The van der Waals surface area contributed by atoms with Crippen LogP contribution in [0.15, 0.2) is 30.5 Å². The van der Waals surface area contributed by atoms with Crippen LogP contribution >= 0.6 is 0 Å². The molecule has 0 unspecified atom stereocenters. The number of anilines is 1. The fourth-order valence-electron chi connectivity index (χ4n) is 3.23. The molecule has 1 aromatic heterocycles. The molecule has 8 nitrogen and oxygen atoms in total. The third-order valence-electron chi connectivity index (χ3n) is 4.65. The van der Waals surface area contributed by atoms with Crippen LogP contribution in [0.2, 0.25) is 0 Å². The molecule has 0 amide bonds. The van der Waals surface area contributed by atoms with Gasteiger partial charge < -0.3 is 14.4 Å². The standard InChI is InChI=1S/C18H25N5O3/c1-25-17-7-4-3-6-15(17)22-12-10-21(11-13-22)8-5-9-23-16(14-19-20-23)18(24)26-2/h3-4,6-7,14H,5,8-13H2,1-2H3. The largest absolute Gasteiger partial charge is 0.495 e. The zero-order valence-electron chi connectivity index (χ0n) is 15.3. The van der Waals surface area contributed by atoms with Gasteiger partial charge in [0.1, 0.15) is 5.75 Å². The molecule has 0 radical (unpaired) electrons. The molecule has 0 saturated carbocycles. The third kappa shape index (κ3) is 4.13. The van der Waals surface area contributed by atoms with Crippen molar-refractivity contribution in [1.82, 2.24) is 19.9 Å². The SMILES string of the molecule is COC(=O)c1cnnn1CCCN1CCN(c2ccccc2OC)CC1. The lowest BCUT2D eigenvalue weighted by atomic mass is 10.2. The molecule has 140 valence electrons. The molecule has 1 saturated heterocycles. The van der Waals surface area contributed by atoms with Crippen LogP contribution in [0.5, 0.6) is 5.75 Å². The number of hydrogen-bond donors (Lipinski definition) is 0. The van der Waals surface area contributed by atoms with Gasteiger partial charge in [-0.1, -0.05) is 17.3 Å². The van der Waals surface area contributed by atoms with Gasteiger partial charge in [-0.05, 0) is 18.6 Å². The number of hydrogen-bond acceptors (Lipinski definition) is 7. The van der Waals surface area contributed by atoms with Gasteiger partial charge in [0.05, 0.1) is 26.1 Å². The second kappa shape index (κ2) is 8.66. The Morgan fingerprint density at radius 2 is 1.88 bits per heavy atom. The van der Waals surface area contributed by atoms with Crippen molar-refractivity contribution >= 4 is 11.7 Å². The molecule has 26 heavy (non-hydrogen) atoms. The molecule has 1 aliphatic heterocycles. The van der Waals surface area contributed by atoms with E-state index in [0.29, 0.717) is 12.2 Å². The first kappa shape index (κ1) is 18.2.